The lowest BCUT2D eigenvalue weighted by molar-refractivity contribution is 0.156. The molecule has 0 radical (unpaired) electrons. The highest BCUT2D eigenvalue weighted by atomic mass is 16.3. The van der Waals surface area contributed by atoms with Gasteiger partial charge in [-0.15, -0.1) is 0 Å². The molecule has 1 saturated heterocycles. The predicted octanol–water partition coefficient (Wildman–Crippen LogP) is 0.730. The summed E-state index contributed by atoms with van der Waals surface area (Å²) in [6.07, 6.45) is 9.18. The van der Waals surface area contributed by atoms with Crippen molar-refractivity contribution in [2.45, 2.75) is 31.8 Å². The number of nitrogens with zero attached hydrogens (tertiary/aromatic N) is 3. The van der Waals surface area contributed by atoms with Crippen LogP contribution in [-0.2, 0) is 6.54 Å². The number of hydrogen-bond donors (Lipinski definition) is 1. The Hall–Kier alpha value is -0.870. The summed E-state index contributed by atoms with van der Waals surface area (Å²) >= 11 is 0. The van der Waals surface area contributed by atoms with E-state index in [0.29, 0.717) is 12.6 Å². The van der Waals surface area contributed by atoms with Crippen LogP contribution in [0.3, 0.4) is 0 Å². The third kappa shape index (κ3) is 2.79. The van der Waals surface area contributed by atoms with Crippen molar-refractivity contribution in [2.24, 2.45) is 0 Å². The Balaban J connectivity index is 1.69. The minimum absolute atomic E-state index is 0.311. The average molecular weight is 209 g/mol. The number of rotatable bonds is 5. The number of imidazole rings is 1. The lowest BCUT2D eigenvalue weighted by Crippen LogP contribution is -2.33. The summed E-state index contributed by atoms with van der Waals surface area (Å²) in [5, 5.41) is 9.16. The first kappa shape index (κ1) is 10.6. The molecule has 0 spiro atoms. The van der Waals surface area contributed by atoms with Gasteiger partial charge in [-0.3, -0.25) is 4.90 Å². The lowest BCUT2D eigenvalue weighted by Gasteiger charge is -2.22. The van der Waals surface area contributed by atoms with Gasteiger partial charge in [0.15, 0.2) is 0 Å². The standard InChI is InChI=1S/C11H19N3O/c15-9-11-3-1-6-14(11)7-2-5-13-8-4-12-10-13/h4,8,10-11,15H,1-3,5-7,9H2/t11-/m0/s1. The molecular weight excluding hydrogens is 190 g/mol. The molecule has 1 aromatic rings. The van der Waals surface area contributed by atoms with Crippen molar-refractivity contribution >= 4 is 0 Å². The van der Waals surface area contributed by atoms with Gasteiger partial charge in [0.2, 0.25) is 0 Å². The third-order valence-electron chi connectivity index (χ3n) is 3.13. The van der Waals surface area contributed by atoms with E-state index in [9.17, 15) is 0 Å². The molecule has 0 bridgehead atoms. The molecule has 0 aliphatic carbocycles. The summed E-state index contributed by atoms with van der Waals surface area (Å²) in [5.41, 5.74) is 0. The van der Waals surface area contributed by atoms with Crippen LogP contribution in [0.4, 0.5) is 0 Å². The van der Waals surface area contributed by atoms with E-state index in [4.69, 9.17) is 5.11 Å². The third-order valence-corrected chi connectivity index (χ3v) is 3.13. The van der Waals surface area contributed by atoms with Crippen molar-refractivity contribution in [3.8, 4) is 0 Å². The Morgan fingerprint density at radius 1 is 1.40 bits per heavy atom. The largest absolute Gasteiger partial charge is 0.395 e. The van der Waals surface area contributed by atoms with Crippen LogP contribution >= 0.6 is 0 Å². The smallest absolute Gasteiger partial charge is 0.0945 e. The Labute approximate surface area is 90.5 Å². The highest BCUT2D eigenvalue weighted by molar-refractivity contribution is 4.79. The summed E-state index contributed by atoms with van der Waals surface area (Å²) in [4.78, 5) is 6.41. The SMILES string of the molecule is OC[C@@H]1CCCN1CCCn1ccnc1. The second-order valence-corrected chi connectivity index (χ2v) is 4.17. The zero-order valence-corrected chi connectivity index (χ0v) is 9.05. The van der Waals surface area contributed by atoms with Crippen LogP contribution in [0.2, 0.25) is 0 Å². The van der Waals surface area contributed by atoms with Crippen LogP contribution in [-0.4, -0.2) is 45.3 Å². The minimum Gasteiger partial charge on any atom is -0.395 e. The molecule has 1 aliphatic heterocycles. The van der Waals surface area contributed by atoms with E-state index in [2.05, 4.69) is 14.5 Å². The van der Waals surface area contributed by atoms with E-state index < -0.39 is 0 Å². The first-order valence-corrected chi connectivity index (χ1v) is 5.71. The van der Waals surface area contributed by atoms with Crippen LogP contribution in [0, 0.1) is 0 Å². The van der Waals surface area contributed by atoms with Gasteiger partial charge in [0.05, 0.1) is 12.9 Å². The predicted molar refractivity (Wildman–Crippen MR) is 58.5 cm³/mol. The molecule has 1 aromatic heterocycles. The molecule has 0 unspecified atom stereocenters. The normalized spacial score (nSPS) is 22.3. The van der Waals surface area contributed by atoms with E-state index >= 15 is 0 Å². The molecule has 0 aromatic carbocycles. The summed E-state index contributed by atoms with van der Waals surface area (Å²) in [7, 11) is 0. The lowest BCUT2D eigenvalue weighted by atomic mass is 10.2. The average Bonchev–Trinajstić information content (AvgIpc) is 2.88. The number of hydrogen-bond acceptors (Lipinski definition) is 3. The summed E-state index contributed by atoms with van der Waals surface area (Å²) in [5.74, 6) is 0. The zero-order chi connectivity index (χ0) is 10.5. The molecule has 1 atom stereocenters. The molecule has 4 nitrogen and oxygen atoms in total. The van der Waals surface area contributed by atoms with E-state index in [1.807, 2.05) is 18.7 Å². The maximum Gasteiger partial charge on any atom is 0.0945 e. The summed E-state index contributed by atoms with van der Waals surface area (Å²) < 4.78 is 2.10. The fourth-order valence-electron chi connectivity index (χ4n) is 2.27. The second kappa shape index (κ2) is 5.28. The minimum atomic E-state index is 0.311. The van der Waals surface area contributed by atoms with Crippen molar-refractivity contribution in [3.05, 3.63) is 18.7 Å². The molecule has 15 heavy (non-hydrogen) atoms. The van der Waals surface area contributed by atoms with Crippen LogP contribution < -0.4 is 0 Å². The maximum absolute atomic E-state index is 9.16. The highest BCUT2D eigenvalue weighted by Crippen LogP contribution is 2.16. The number of aromatic nitrogens is 2. The van der Waals surface area contributed by atoms with E-state index in [0.717, 1.165) is 32.5 Å². The first-order chi connectivity index (χ1) is 7.40. The molecule has 2 heterocycles. The van der Waals surface area contributed by atoms with Crippen molar-refractivity contribution in [2.75, 3.05) is 19.7 Å². The molecule has 0 amide bonds. The Morgan fingerprint density at radius 3 is 3.07 bits per heavy atom. The summed E-state index contributed by atoms with van der Waals surface area (Å²) in [6.45, 7) is 3.57. The quantitative estimate of drug-likeness (QED) is 0.777. The van der Waals surface area contributed by atoms with Gasteiger partial charge in [0.25, 0.3) is 0 Å². The molecule has 4 heteroatoms. The van der Waals surface area contributed by atoms with E-state index in [1.165, 1.54) is 6.42 Å². The number of aliphatic hydroxyl groups is 1. The molecular formula is C11H19N3O. The maximum atomic E-state index is 9.16. The van der Waals surface area contributed by atoms with Crippen molar-refractivity contribution in [3.63, 3.8) is 0 Å². The molecule has 1 aliphatic rings. The van der Waals surface area contributed by atoms with Crippen LogP contribution in [0.15, 0.2) is 18.7 Å². The zero-order valence-electron chi connectivity index (χ0n) is 9.05. The van der Waals surface area contributed by atoms with Crippen molar-refractivity contribution in [1.29, 1.82) is 0 Å². The van der Waals surface area contributed by atoms with Crippen LogP contribution in [0.5, 0.6) is 0 Å². The Bertz CT molecular complexity index is 273. The van der Waals surface area contributed by atoms with E-state index in [1.54, 1.807) is 0 Å². The van der Waals surface area contributed by atoms with Gasteiger partial charge in [0, 0.05) is 31.5 Å². The second-order valence-electron chi connectivity index (χ2n) is 4.17. The monoisotopic (exact) mass is 209 g/mol. The van der Waals surface area contributed by atoms with Crippen molar-refractivity contribution in [1.82, 2.24) is 14.5 Å². The number of aryl methyl sites for hydroxylation is 1. The first-order valence-electron chi connectivity index (χ1n) is 5.71. The number of likely N-dealkylation sites (tertiary alicyclic amines) is 1. The van der Waals surface area contributed by atoms with Gasteiger partial charge in [-0.25, -0.2) is 4.98 Å². The molecule has 2 rings (SSSR count). The van der Waals surface area contributed by atoms with Crippen LogP contribution in [0.1, 0.15) is 19.3 Å². The van der Waals surface area contributed by atoms with E-state index in [-0.39, 0.29) is 0 Å². The molecule has 0 saturated carbocycles. The summed E-state index contributed by atoms with van der Waals surface area (Å²) in [6, 6.07) is 0.410. The van der Waals surface area contributed by atoms with Gasteiger partial charge < -0.3 is 9.67 Å². The van der Waals surface area contributed by atoms with Gasteiger partial charge in [-0.1, -0.05) is 0 Å². The highest BCUT2D eigenvalue weighted by Gasteiger charge is 2.22. The van der Waals surface area contributed by atoms with Gasteiger partial charge in [0.1, 0.15) is 0 Å². The Kier molecular flexibility index (Phi) is 3.75. The van der Waals surface area contributed by atoms with Crippen molar-refractivity contribution < 1.29 is 5.11 Å². The van der Waals surface area contributed by atoms with Gasteiger partial charge in [-0.05, 0) is 25.8 Å². The molecule has 1 N–H and O–H groups in total. The topological polar surface area (TPSA) is 41.3 Å². The van der Waals surface area contributed by atoms with Gasteiger partial charge >= 0.3 is 0 Å². The van der Waals surface area contributed by atoms with Crippen LogP contribution in [0.25, 0.3) is 0 Å². The molecule has 84 valence electrons. The fourth-order valence-corrected chi connectivity index (χ4v) is 2.27. The molecule has 1 fully saturated rings. The number of aliphatic hydroxyl groups excluding tert-OH is 1. The Morgan fingerprint density at radius 2 is 2.33 bits per heavy atom. The van der Waals surface area contributed by atoms with Gasteiger partial charge in [-0.2, -0.15) is 0 Å². The fraction of sp³-hybridized carbons (Fsp3) is 0.727.